The van der Waals surface area contributed by atoms with Crippen LogP contribution >= 0.6 is 23.2 Å². The second-order valence-corrected chi connectivity index (χ2v) is 7.79. The van der Waals surface area contributed by atoms with Gasteiger partial charge in [-0.25, -0.2) is 8.42 Å². The van der Waals surface area contributed by atoms with Gasteiger partial charge >= 0.3 is 0 Å². The molecule has 25 heavy (non-hydrogen) atoms. The van der Waals surface area contributed by atoms with Crippen molar-refractivity contribution in [1.82, 2.24) is 0 Å². The molecule has 2 aromatic rings. The van der Waals surface area contributed by atoms with Gasteiger partial charge in [-0.2, -0.15) is 0 Å². The minimum absolute atomic E-state index is 0.0626. The fourth-order valence-corrected chi connectivity index (χ4v) is 4.78. The molecule has 7 heteroatoms. The van der Waals surface area contributed by atoms with Crippen LogP contribution in [0, 0.1) is 0 Å². The zero-order valence-electron chi connectivity index (χ0n) is 14.0. The SMILES string of the molecule is C=CCN(c1ccccc1CC)S(=O)(=O)c1ccc(OC)c(Cl)c1Cl. The van der Waals surface area contributed by atoms with Gasteiger partial charge in [-0.1, -0.05) is 54.4 Å². The maximum Gasteiger partial charge on any atom is 0.266 e. The number of methoxy groups -OCH3 is 1. The zero-order chi connectivity index (χ0) is 18.6. The molecule has 0 bridgehead atoms. The van der Waals surface area contributed by atoms with Crippen LogP contribution in [0.4, 0.5) is 5.69 Å². The molecule has 0 amide bonds. The number of halogens is 2. The van der Waals surface area contributed by atoms with E-state index in [2.05, 4.69) is 6.58 Å². The van der Waals surface area contributed by atoms with Gasteiger partial charge in [0.15, 0.2) is 0 Å². The molecule has 0 aliphatic heterocycles. The zero-order valence-corrected chi connectivity index (χ0v) is 16.3. The Morgan fingerprint density at radius 2 is 1.84 bits per heavy atom. The number of hydrogen-bond donors (Lipinski definition) is 0. The van der Waals surface area contributed by atoms with Crippen LogP contribution in [0.2, 0.25) is 10.0 Å². The summed E-state index contributed by atoms with van der Waals surface area (Å²) < 4.78 is 32.9. The van der Waals surface area contributed by atoms with Crippen LogP contribution in [0.15, 0.2) is 53.9 Å². The Labute approximate surface area is 158 Å². The summed E-state index contributed by atoms with van der Waals surface area (Å²) in [5.41, 5.74) is 1.50. The number of ether oxygens (including phenoxy) is 1. The molecule has 0 heterocycles. The molecule has 0 aliphatic carbocycles. The molecule has 2 aromatic carbocycles. The first-order valence-corrected chi connectivity index (χ1v) is 9.81. The number of rotatable bonds is 7. The predicted molar refractivity (Wildman–Crippen MR) is 104 cm³/mol. The number of para-hydroxylation sites is 1. The number of hydrogen-bond acceptors (Lipinski definition) is 3. The molecule has 0 saturated carbocycles. The molecule has 4 nitrogen and oxygen atoms in total. The number of anilines is 1. The van der Waals surface area contributed by atoms with E-state index in [4.69, 9.17) is 27.9 Å². The van der Waals surface area contributed by atoms with E-state index in [1.54, 1.807) is 12.1 Å². The van der Waals surface area contributed by atoms with Crippen LogP contribution in [-0.2, 0) is 16.4 Å². The maximum absolute atomic E-state index is 13.3. The molecule has 2 rings (SSSR count). The van der Waals surface area contributed by atoms with Crippen molar-refractivity contribution >= 4 is 38.9 Å². The Morgan fingerprint density at radius 1 is 1.16 bits per heavy atom. The average Bonchev–Trinajstić information content (AvgIpc) is 2.61. The third-order valence-electron chi connectivity index (χ3n) is 3.74. The number of benzene rings is 2. The van der Waals surface area contributed by atoms with Crippen LogP contribution < -0.4 is 9.04 Å². The van der Waals surface area contributed by atoms with Crippen LogP contribution in [0.25, 0.3) is 0 Å². The van der Waals surface area contributed by atoms with Crippen LogP contribution in [0.3, 0.4) is 0 Å². The van der Waals surface area contributed by atoms with Crippen LogP contribution in [0.5, 0.6) is 5.75 Å². The summed E-state index contributed by atoms with van der Waals surface area (Å²) in [5.74, 6) is 0.315. The van der Waals surface area contributed by atoms with Gasteiger partial charge in [0.25, 0.3) is 10.0 Å². The first-order valence-electron chi connectivity index (χ1n) is 7.62. The Hall–Kier alpha value is -1.69. The molecule has 134 valence electrons. The van der Waals surface area contributed by atoms with Crippen molar-refractivity contribution in [2.24, 2.45) is 0 Å². The Bertz CT molecular complexity index is 882. The van der Waals surface area contributed by atoms with Crippen molar-refractivity contribution in [2.75, 3.05) is 18.0 Å². The van der Waals surface area contributed by atoms with Gasteiger partial charge < -0.3 is 4.74 Å². The second kappa shape index (κ2) is 8.13. The third-order valence-corrected chi connectivity index (χ3v) is 6.53. The molecule has 0 aromatic heterocycles. The van der Waals surface area contributed by atoms with Crippen LogP contribution in [-0.4, -0.2) is 22.1 Å². The van der Waals surface area contributed by atoms with Gasteiger partial charge in [0.2, 0.25) is 0 Å². The van der Waals surface area contributed by atoms with Crippen molar-refractivity contribution in [3.63, 3.8) is 0 Å². The Morgan fingerprint density at radius 3 is 2.44 bits per heavy atom. The fourth-order valence-electron chi connectivity index (χ4n) is 2.49. The molecule has 0 atom stereocenters. The highest BCUT2D eigenvalue weighted by Gasteiger charge is 2.29. The summed E-state index contributed by atoms with van der Waals surface area (Å²) >= 11 is 12.4. The van der Waals surface area contributed by atoms with Crippen molar-refractivity contribution in [3.05, 3.63) is 64.7 Å². The van der Waals surface area contributed by atoms with E-state index in [1.807, 2.05) is 19.1 Å². The highest BCUT2D eigenvalue weighted by molar-refractivity contribution is 7.93. The summed E-state index contributed by atoms with van der Waals surface area (Å²) in [6.45, 7) is 5.75. The Kier molecular flexibility index (Phi) is 6.38. The molecule has 0 fully saturated rings. The first kappa shape index (κ1) is 19.6. The van der Waals surface area contributed by atoms with E-state index in [9.17, 15) is 8.42 Å². The van der Waals surface area contributed by atoms with E-state index >= 15 is 0 Å². The molecule has 0 N–H and O–H groups in total. The van der Waals surface area contributed by atoms with Gasteiger partial charge in [0, 0.05) is 0 Å². The van der Waals surface area contributed by atoms with Crippen molar-refractivity contribution in [1.29, 1.82) is 0 Å². The summed E-state index contributed by atoms with van der Waals surface area (Å²) in [5, 5.41) is -0.00312. The molecular weight excluding hydrogens is 381 g/mol. The van der Waals surface area contributed by atoms with Gasteiger partial charge in [-0.15, -0.1) is 6.58 Å². The number of sulfonamides is 1. The van der Waals surface area contributed by atoms with E-state index < -0.39 is 10.0 Å². The average molecular weight is 400 g/mol. The maximum atomic E-state index is 13.3. The summed E-state index contributed by atoms with van der Waals surface area (Å²) in [6, 6.07) is 10.2. The number of nitrogens with zero attached hydrogens (tertiary/aromatic N) is 1. The lowest BCUT2D eigenvalue weighted by atomic mass is 10.1. The summed E-state index contributed by atoms with van der Waals surface area (Å²) in [6.07, 6.45) is 2.22. The lowest BCUT2D eigenvalue weighted by molar-refractivity contribution is 0.414. The molecule has 0 saturated heterocycles. The van der Waals surface area contributed by atoms with Crippen molar-refractivity contribution in [2.45, 2.75) is 18.2 Å². The van der Waals surface area contributed by atoms with Gasteiger partial charge in [0.05, 0.1) is 24.4 Å². The molecule has 0 aliphatic rings. The summed E-state index contributed by atoms with van der Waals surface area (Å²) in [4.78, 5) is -0.0762. The largest absolute Gasteiger partial charge is 0.495 e. The Balaban J connectivity index is 2.66. The lowest BCUT2D eigenvalue weighted by Gasteiger charge is -2.26. The van der Waals surface area contributed by atoms with Crippen molar-refractivity contribution < 1.29 is 13.2 Å². The molecular formula is C18H19Cl2NO3S. The topological polar surface area (TPSA) is 46.6 Å². The molecule has 0 radical (unpaired) electrons. The van der Waals surface area contributed by atoms with E-state index in [1.165, 1.54) is 29.6 Å². The van der Waals surface area contributed by atoms with E-state index in [0.717, 1.165) is 5.56 Å². The standard InChI is InChI=1S/C18H19Cl2NO3S/c1-4-12-21(14-9-7-6-8-13(14)5-2)25(22,23)16-11-10-15(24-3)17(19)18(16)20/h4,6-11H,1,5,12H2,2-3H3. The predicted octanol–water partition coefficient (Wildman–Crippen LogP) is 4.95. The number of aryl methyl sites for hydroxylation is 1. The second-order valence-electron chi connectivity index (χ2n) is 5.20. The normalized spacial score (nSPS) is 11.2. The molecule has 0 spiro atoms. The van der Waals surface area contributed by atoms with Gasteiger partial charge in [-0.3, -0.25) is 4.31 Å². The quantitative estimate of drug-likeness (QED) is 0.618. The third kappa shape index (κ3) is 3.78. The highest BCUT2D eigenvalue weighted by atomic mass is 35.5. The van der Waals surface area contributed by atoms with Gasteiger partial charge in [-0.05, 0) is 30.2 Å². The monoisotopic (exact) mass is 399 g/mol. The minimum Gasteiger partial charge on any atom is -0.495 e. The minimum atomic E-state index is -3.94. The first-order chi connectivity index (χ1) is 11.9. The van der Waals surface area contributed by atoms with E-state index in [0.29, 0.717) is 17.9 Å². The summed E-state index contributed by atoms with van der Waals surface area (Å²) in [7, 11) is -2.50. The van der Waals surface area contributed by atoms with E-state index in [-0.39, 0.29) is 21.5 Å². The fraction of sp³-hybridized carbons (Fsp3) is 0.222. The highest BCUT2D eigenvalue weighted by Crippen LogP contribution is 2.39. The van der Waals surface area contributed by atoms with Crippen molar-refractivity contribution in [3.8, 4) is 5.75 Å². The lowest BCUT2D eigenvalue weighted by Crippen LogP contribution is -2.32. The van der Waals surface area contributed by atoms with Gasteiger partial charge in [0.1, 0.15) is 15.7 Å². The van der Waals surface area contributed by atoms with Crippen LogP contribution in [0.1, 0.15) is 12.5 Å². The smallest absolute Gasteiger partial charge is 0.266 e. The molecule has 0 unspecified atom stereocenters.